The van der Waals surface area contributed by atoms with Gasteiger partial charge in [-0.05, 0) is 19.1 Å². The maximum atomic E-state index is 13.2. The number of amides is 1. The normalized spacial score (nSPS) is 9.71. The van der Waals surface area contributed by atoms with Gasteiger partial charge in [0.2, 0.25) is 0 Å². The molecule has 5 heteroatoms. The van der Waals surface area contributed by atoms with Crippen molar-refractivity contribution in [2.24, 2.45) is 0 Å². The van der Waals surface area contributed by atoms with Gasteiger partial charge in [-0.3, -0.25) is 5.32 Å². The molecule has 3 nitrogen and oxygen atoms in total. The molecule has 1 aromatic carbocycles. The first-order valence-electron chi connectivity index (χ1n) is 3.86. The zero-order valence-electron chi connectivity index (χ0n) is 7.73. The van der Waals surface area contributed by atoms with E-state index in [1.165, 1.54) is 26.2 Å². The molecule has 0 aromatic heterocycles. The van der Waals surface area contributed by atoms with E-state index in [0.29, 0.717) is 5.69 Å². The fourth-order valence-corrected chi connectivity index (χ4v) is 1.15. The van der Waals surface area contributed by atoms with Gasteiger partial charge in [0.05, 0.1) is 12.1 Å². The Hall–Kier alpha value is -1.29. The van der Waals surface area contributed by atoms with E-state index in [-0.39, 0.29) is 10.6 Å². The summed E-state index contributed by atoms with van der Waals surface area (Å²) in [7, 11) is 1.23. The highest BCUT2D eigenvalue weighted by molar-refractivity contribution is 6.30. The highest BCUT2D eigenvalue weighted by Gasteiger charge is 2.10. The predicted octanol–water partition coefficient (Wildman–Crippen LogP) is 2.97. The maximum Gasteiger partial charge on any atom is 0.411 e. The number of anilines is 1. The van der Waals surface area contributed by atoms with Gasteiger partial charge in [-0.2, -0.15) is 0 Å². The Labute approximate surface area is 85.8 Å². The number of hydrogen-bond acceptors (Lipinski definition) is 2. The molecule has 0 unspecified atom stereocenters. The van der Waals surface area contributed by atoms with Crippen molar-refractivity contribution < 1.29 is 13.9 Å². The van der Waals surface area contributed by atoms with Crippen LogP contribution in [0.5, 0.6) is 0 Å². The first kappa shape index (κ1) is 10.8. The minimum absolute atomic E-state index is 0.0258. The van der Waals surface area contributed by atoms with Crippen LogP contribution in [0.2, 0.25) is 5.02 Å². The molecule has 1 N–H and O–H groups in total. The zero-order chi connectivity index (χ0) is 10.7. The second-order valence-corrected chi connectivity index (χ2v) is 3.06. The van der Waals surface area contributed by atoms with Gasteiger partial charge in [-0.15, -0.1) is 0 Å². The average molecular weight is 218 g/mol. The summed E-state index contributed by atoms with van der Waals surface area (Å²) < 4.78 is 17.6. The molecule has 0 saturated carbocycles. The maximum absolute atomic E-state index is 13.2. The third kappa shape index (κ3) is 2.14. The van der Waals surface area contributed by atoms with Crippen LogP contribution in [0.15, 0.2) is 12.1 Å². The Balaban J connectivity index is 3.00. The van der Waals surface area contributed by atoms with E-state index in [0.717, 1.165) is 0 Å². The van der Waals surface area contributed by atoms with Gasteiger partial charge < -0.3 is 4.74 Å². The summed E-state index contributed by atoms with van der Waals surface area (Å²) >= 11 is 5.54. The second-order valence-electron chi connectivity index (χ2n) is 2.65. The number of halogens is 2. The van der Waals surface area contributed by atoms with Crippen LogP contribution in [-0.2, 0) is 4.74 Å². The molecule has 0 aliphatic carbocycles. The summed E-state index contributed by atoms with van der Waals surface area (Å²) in [4.78, 5) is 10.8. The summed E-state index contributed by atoms with van der Waals surface area (Å²) in [5.41, 5.74) is 0.627. The molecule has 0 bridgehead atoms. The molecule has 1 amide bonds. The summed E-state index contributed by atoms with van der Waals surface area (Å²) in [6.07, 6.45) is -0.644. The molecule has 0 spiro atoms. The van der Waals surface area contributed by atoms with Crippen LogP contribution >= 0.6 is 11.6 Å². The van der Waals surface area contributed by atoms with E-state index in [2.05, 4.69) is 10.1 Å². The van der Waals surface area contributed by atoms with Gasteiger partial charge in [-0.25, -0.2) is 9.18 Å². The lowest BCUT2D eigenvalue weighted by Crippen LogP contribution is -2.12. The van der Waals surface area contributed by atoms with E-state index in [1.54, 1.807) is 0 Å². The van der Waals surface area contributed by atoms with Gasteiger partial charge in [0.25, 0.3) is 0 Å². The lowest BCUT2D eigenvalue weighted by Gasteiger charge is -2.08. The molecular formula is C9H9ClFNO2. The Bertz CT molecular complexity index is 368. The van der Waals surface area contributed by atoms with E-state index in [1.807, 2.05) is 0 Å². The number of ether oxygens (including phenoxy) is 1. The molecule has 0 aliphatic rings. The SMILES string of the molecule is COC(=O)Nc1ccc(Cl)c(F)c1C. The molecule has 1 aromatic rings. The van der Waals surface area contributed by atoms with Crippen LogP contribution in [0.3, 0.4) is 0 Å². The number of carbonyl (C=O) groups excluding carboxylic acids is 1. The minimum atomic E-state index is -0.644. The van der Waals surface area contributed by atoms with Crippen molar-refractivity contribution >= 4 is 23.4 Å². The molecule has 0 fully saturated rings. The number of nitrogens with one attached hydrogen (secondary N) is 1. The molecular weight excluding hydrogens is 209 g/mol. The van der Waals surface area contributed by atoms with Crippen LogP contribution in [0.1, 0.15) is 5.56 Å². The third-order valence-electron chi connectivity index (χ3n) is 1.76. The highest BCUT2D eigenvalue weighted by atomic mass is 35.5. The fourth-order valence-electron chi connectivity index (χ4n) is 0.948. The quantitative estimate of drug-likeness (QED) is 0.786. The van der Waals surface area contributed by atoms with E-state index in [9.17, 15) is 9.18 Å². The van der Waals surface area contributed by atoms with Crippen LogP contribution in [-0.4, -0.2) is 13.2 Å². The topological polar surface area (TPSA) is 38.3 Å². The molecule has 0 saturated heterocycles. The van der Waals surface area contributed by atoms with Gasteiger partial charge in [0, 0.05) is 11.3 Å². The molecule has 0 heterocycles. The molecule has 1 rings (SSSR count). The predicted molar refractivity (Wildman–Crippen MR) is 52.2 cm³/mol. The lowest BCUT2D eigenvalue weighted by atomic mass is 10.2. The van der Waals surface area contributed by atoms with Crippen molar-refractivity contribution in [2.45, 2.75) is 6.92 Å². The zero-order valence-corrected chi connectivity index (χ0v) is 8.48. The number of hydrogen-bond donors (Lipinski definition) is 1. The molecule has 0 aliphatic heterocycles. The summed E-state index contributed by atoms with van der Waals surface area (Å²) in [6, 6.07) is 2.88. The molecule has 0 radical (unpaired) electrons. The van der Waals surface area contributed by atoms with Gasteiger partial charge >= 0.3 is 6.09 Å². The van der Waals surface area contributed by atoms with Crippen LogP contribution in [0.4, 0.5) is 14.9 Å². The number of rotatable bonds is 1. The van der Waals surface area contributed by atoms with E-state index in [4.69, 9.17) is 11.6 Å². The van der Waals surface area contributed by atoms with E-state index < -0.39 is 11.9 Å². The first-order chi connectivity index (χ1) is 6.56. The van der Waals surface area contributed by atoms with Crippen molar-refractivity contribution in [3.63, 3.8) is 0 Å². The molecule has 14 heavy (non-hydrogen) atoms. The fraction of sp³-hybridized carbons (Fsp3) is 0.222. The smallest absolute Gasteiger partial charge is 0.411 e. The number of benzene rings is 1. The first-order valence-corrected chi connectivity index (χ1v) is 4.23. The van der Waals surface area contributed by atoms with Crippen molar-refractivity contribution in [1.29, 1.82) is 0 Å². The summed E-state index contributed by atoms with van der Waals surface area (Å²) in [5.74, 6) is -0.541. The van der Waals surface area contributed by atoms with Crippen LogP contribution < -0.4 is 5.32 Å². The van der Waals surface area contributed by atoms with Crippen molar-refractivity contribution in [3.8, 4) is 0 Å². The standard InChI is InChI=1S/C9H9ClFNO2/c1-5-7(12-9(13)14-2)4-3-6(10)8(5)11/h3-4H,1-2H3,(H,12,13). The van der Waals surface area contributed by atoms with Crippen molar-refractivity contribution in [2.75, 3.05) is 12.4 Å². The largest absolute Gasteiger partial charge is 0.453 e. The third-order valence-corrected chi connectivity index (χ3v) is 2.05. The Morgan fingerprint density at radius 3 is 2.79 bits per heavy atom. The molecule has 76 valence electrons. The van der Waals surface area contributed by atoms with Gasteiger partial charge in [-0.1, -0.05) is 11.6 Å². The Morgan fingerprint density at radius 1 is 1.57 bits per heavy atom. The van der Waals surface area contributed by atoms with Gasteiger partial charge in [0.1, 0.15) is 5.82 Å². The monoisotopic (exact) mass is 217 g/mol. The Kier molecular flexibility index (Phi) is 3.30. The lowest BCUT2D eigenvalue weighted by molar-refractivity contribution is 0.187. The summed E-state index contributed by atoms with van der Waals surface area (Å²) in [6.45, 7) is 1.52. The number of methoxy groups -OCH3 is 1. The second kappa shape index (κ2) is 4.28. The van der Waals surface area contributed by atoms with Crippen LogP contribution in [0, 0.1) is 12.7 Å². The van der Waals surface area contributed by atoms with Crippen LogP contribution in [0.25, 0.3) is 0 Å². The van der Waals surface area contributed by atoms with Crippen molar-refractivity contribution in [3.05, 3.63) is 28.5 Å². The van der Waals surface area contributed by atoms with Gasteiger partial charge in [0.15, 0.2) is 0 Å². The Morgan fingerprint density at radius 2 is 2.21 bits per heavy atom. The van der Waals surface area contributed by atoms with E-state index >= 15 is 0 Å². The molecule has 0 atom stereocenters. The minimum Gasteiger partial charge on any atom is -0.453 e. The number of carbonyl (C=O) groups is 1. The highest BCUT2D eigenvalue weighted by Crippen LogP contribution is 2.24. The average Bonchev–Trinajstić information content (AvgIpc) is 2.19. The summed E-state index contributed by atoms with van der Waals surface area (Å²) in [5, 5.41) is 2.39. The van der Waals surface area contributed by atoms with Crippen molar-refractivity contribution in [1.82, 2.24) is 0 Å².